The number of hydrogen-bond donors (Lipinski definition) is 2. The Morgan fingerprint density at radius 1 is 1.00 bits per heavy atom. The van der Waals surface area contributed by atoms with E-state index < -0.39 is 0 Å². The van der Waals surface area contributed by atoms with Crippen LogP contribution in [0.25, 0.3) is 22.2 Å². The van der Waals surface area contributed by atoms with Crippen molar-refractivity contribution in [2.45, 2.75) is 18.9 Å². The van der Waals surface area contributed by atoms with Crippen LogP contribution in [0.3, 0.4) is 0 Å². The van der Waals surface area contributed by atoms with Gasteiger partial charge in [-0.05, 0) is 24.1 Å². The van der Waals surface area contributed by atoms with Crippen molar-refractivity contribution in [3.05, 3.63) is 90.0 Å². The fourth-order valence-electron chi connectivity index (χ4n) is 5.28. The third-order valence-electron chi connectivity index (χ3n) is 7.19. The summed E-state index contributed by atoms with van der Waals surface area (Å²) in [7, 11) is 3.37. The van der Waals surface area contributed by atoms with Crippen molar-refractivity contribution < 1.29 is 14.3 Å². The summed E-state index contributed by atoms with van der Waals surface area (Å²) in [4.78, 5) is 20.8. The summed E-state index contributed by atoms with van der Waals surface area (Å²) in [5.41, 5.74) is 5.27. The fraction of sp³-hybridized carbons (Fsp3) is 0.290. The van der Waals surface area contributed by atoms with Crippen LogP contribution >= 0.6 is 0 Å². The Bertz CT molecular complexity index is 1390. The van der Waals surface area contributed by atoms with E-state index in [9.17, 15) is 4.79 Å². The summed E-state index contributed by atoms with van der Waals surface area (Å²) in [5.74, 6) is 0.929. The first-order valence-electron chi connectivity index (χ1n) is 12.9. The average molecular weight is 511 g/mol. The zero-order valence-corrected chi connectivity index (χ0v) is 22.1. The normalized spacial score (nSPS) is 17.4. The maximum atomic E-state index is 13.4. The van der Waals surface area contributed by atoms with Gasteiger partial charge in [-0.2, -0.15) is 0 Å². The molecule has 4 aromatic rings. The van der Waals surface area contributed by atoms with Crippen LogP contribution < -0.4 is 15.4 Å². The molecular weight excluding hydrogens is 476 g/mol. The van der Waals surface area contributed by atoms with E-state index in [-0.39, 0.29) is 18.0 Å². The molecule has 1 aliphatic heterocycles. The molecule has 0 radical (unpaired) electrons. The molecule has 196 valence electrons. The van der Waals surface area contributed by atoms with E-state index >= 15 is 0 Å². The second-order valence-electron chi connectivity index (χ2n) is 9.71. The van der Waals surface area contributed by atoms with Crippen molar-refractivity contribution in [1.82, 2.24) is 15.2 Å². The molecule has 2 heterocycles. The van der Waals surface area contributed by atoms with E-state index in [1.807, 2.05) is 73.7 Å². The molecule has 7 nitrogen and oxygen atoms in total. The van der Waals surface area contributed by atoms with Crippen LogP contribution in [-0.2, 0) is 4.74 Å². The lowest BCUT2D eigenvalue weighted by atomic mass is 9.94. The van der Waals surface area contributed by atoms with Crippen LogP contribution in [0.1, 0.15) is 17.0 Å². The second kappa shape index (κ2) is 11.6. The number of nitrogens with zero attached hydrogens (tertiary/aromatic N) is 2. The van der Waals surface area contributed by atoms with Gasteiger partial charge in [-0.1, -0.05) is 72.8 Å². The van der Waals surface area contributed by atoms with E-state index in [1.54, 1.807) is 14.2 Å². The van der Waals surface area contributed by atoms with Gasteiger partial charge >= 0.3 is 6.03 Å². The van der Waals surface area contributed by atoms with Crippen molar-refractivity contribution in [3.8, 4) is 17.0 Å². The number of methoxy groups -OCH3 is 2. The van der Waals surface area contributed by atoms with Crippen LogP contribution in [0.2, 0.25) is 0 Å². The average Bonchev–Trinajstić information content (AvgIpc) is 3.34. The summed E-state index contributed by atoms with van der Waals surface area (Å²) in [6.07, 6.45) is 0. The van der Waals surface area contributed by atoms with E-state index in [1.165, 1.54) is 5.56 Å². The van der Waals surface area contributed by atoms with Gasteiger partial charge in [0.15, 0.2) is 0 Å². The molecule has 0 bridgehead atoms. The van der Waals surface area contributed by atoms with Gasteiger partial charge in [0.05, 0.1) is 31.1 Å². The Balaban J connectivity index is 1.44. The van der Waals surface area contributed by atoms with E-state index in [0.717, 1.165) is 47.4 Å². The Hall–Kier alpha value is -3.94. The Morgan fingerprint density at radius 2 is 1.74 bits per heavy atom. The Kier molecular flexibility index (Phi) is 7.86. The second-order valence-corrected chi connectivity index (χ2v) is 9.71. The molecule has 0 spiro atoms. The number of anilines is 1. The highest BCUT2D eigenvalue weighted by atomic mass is 16.5. The minimum atomic E-state index is -0.248. The lowest BCUT2D eigenvalue weighted by Gasteiger charge is -2.21. The fourth-order valence-corrected chi connectivity index (χ4v) is 5.28. The number of amides is 2. The molecule has 2 atom stereocenters. The number of pyridine rings is 1. The minimum Gasteiger partial charge on any atom is -0.494 e. The summed E-state index contributed by atoms with van der Waals surface area (Å²) >= 11 is 0. The quantitative estimate of drug-likeness (QED) is 0.330. The Labute approximate surface area is 223 Å². The topological polar surface area (TPSA) is 75.7 Å². The molecule has 1 aliphatic rings. The largest absolute Gasteiger partial charge is 0.494 e. The SMILES string of the molecule is COCCN1C[C@@H](NC(=O)Nc2cc3ccc(C)c(OC)c3nc2-c2ccccc2)[C@H](c2ccccc2)C1. The van der Waals surface area contributed by atoms with Crippen molar-refractivity contribution in [3.63, 3.8) is 0 Å². The molecular formula is C31H34N4O3. The van der Waals surface area contributed by atoms with Gasteiger partial charge in [0.25, 0.3) is 0 Å². The molecule has 1 aromatic heterocycles. The molecule has 5 rings (SSSR count). The molecule has 1 saturated heterocycles. The molecule has 0 saturated carbocycles. The number of nitrogens with one attached hydrogen (secondary N) is 2. The first-order chi connectivity index (χ1) is 18.6. The highest BCUT2D eigenvalue weighted by molar-refractivity contribution is 5.99. The van der Waals surface area contributed by atoms with E-state index in [2.05, 4.69) is 27.7 Å². The van der Waals surface area contributed by atoms with Gasteiger partial charge in [-0.3, -0.25) is 4.90 Å². The first kappa shape index (κ1) is 25.7. The number of likely N-dealkylation sites (tertiary alicyclic amines) is 1. The number of carbonyl (C=O) groups is 1. The number of carbonyl (C=O) groups excluding carboxylic acids is 1. The number of aryl methyl sites for hydroxylation is 1. The molecule has 38 heavy (non-hydrogen) atoms. The standard InChI is InChI=1S/C31H34N4O3/c1-21-14-15-24-18-26(28(23-12-8-5-9-13-23)34-29(24)30(21)38-3)32-31(36)33-27-20-35(16-17-37-2)19-25(27)22-10-6-4-7-11-22/h4-15,18,25,27H,16-17,19-20H2,1-3H3,(H2,32,33,36)/t25-,27+/m0/s1. The van der Waals surface area contributed by atoms with Crippen molar-refractivity contribution in [2.75, 3.05) is 45.8 Å². The number of fused-ring (bicyclic) bond motifs is 1. The molecule has 1 fully saturated rings. The van der Waals surface area contributed by atoms with Gasteiger partial charge in [-0.15, -0.1) is 0 Å². The maximum absolute atomic E-state index is 13.4. The molecule has 3 aromatic carbocycles. The molecule has 0 aliphatic carbocycles. The number of rotatable bonds is 8. The lowest BCUT2D eigenvalue weighted by molar-refractivity contribution is 0.159. The number of ether oxygens (including phenoxy) is 2. The monoisotopic (exact) mass is 510 g/mol. The van der Waals surface area contributed by atoms with E-state index in [4.69, 9.17) is 14.5 Å². The highest BCUT2D eigenvalue weighted by Crippen LogP contribution is 2.35. The van der Waals surface area contributed by atoms with Crippen molar-refractivity contribution in [1.29, 1.82) is 0 Å². The van der Waals surface area contributed by atoms with Crippen LogP contribution in [0, 0.1) is 6.92 Å². The Morgan fingerprint density at radius 3 is 2.45 bits per heavy atom. The van der Waals surface area contributed by atoms with Crippen LogP contribution in [0.15, 0.2) is 78.9 Å². The number of urea groups is 1. The predicted molar refractivity (Wildman–Crippen MR) is 152 cm³/mol. The number of benzene rings is 3. The summed E-state index contributed by atoms with van der Waals surface area (Å²) in [6, 6.07) is 26.0. The maximum Gasteiger partial charge on any atom is 0.319 e. The number of aromatic nitrogens is 1. The minimum absolute atomic E-state index is 0.0365. The van der Waals surface area contributed by atoms with Gasteiger partial charge in [-0.25, -0.2) is 9.78 Å². The molecule has 0 unspecified atom stereocenters. The van der Waals surface area contributed by atoms with Crippen LogP contribution in [0.4, 0.5) is 10.5 Å². The lowest BCUT2D eigenvalue weighted by Crippen LogP contribution is -2.42. The summed E-state index contributed by atoms with van der Waals surface area (Å²) < 4.78 is 11.0. The predicted octanol–water partition coefficient (Wildman–Crippen LogP) is 5.45. The molecule has 2 amide bonds. The summed E-state index contributed by atoms with van der Waals surface area (Å²) in [6.45, 7) is 5.11. The third-order valence-corrected chi connectivity index (χ3v) is 7.19. The van der Waals surface area contributed by atoms with Crippen LogP contribution in [0.5, 0.6) is 5.75 Å². The van der Waals surface area contributed by atoms with Crippen molar-refractivity contribution in [2.24, 2.45) is 0 Å². The van der Waals surface area contributed by atoms with Gasteiger partial charge in [0, 0.05) is 43.6 Å². The van der Waals surface area contributed by atoms with Crippen LogP contribution in [-0.4, -0.2) is 62.4 Å². The molecule has 2 N–H and O–H groups in total. The van der Waals surface area contributed by atoms with Crippen molar-refractivity contribution >= 4 is 22.6 Å². The van der Waals surface area contributed by atoms with E-state index in [0.29, 0.717) is 18.0 Å². The highest BCUT2D eigenvalue weighted by Gasteiger charge is 2.34. The zero-order chi connectivity index (χ0) is 26.5. The number of hydrogen-bond acceptors (Lipinski definition) is 5. The zero-order valence-electron chi connectivity index (χ0n) is 22.1. The molecule has 7 heteroatoms. The smallest absolute Gasteiger partial charge is 0.319 e. The first-order valence-corrected chi connectivity index (χ1v) is 12.9. The van der Waals surface area contributed by atoms with Gasteiger partial charge < -0.3 is 20.1 Å². The summed E-state index contributed by atoms with van der Waals surface area (Å²) in [5, 5.41) is 7.27. The van der Waals surface area contributed by atoms with Gasteiger partial charge in [0.2, 0.25) is 0 Å². The van der Waals surface area contributed by atoms with Gasteiger partial charge in [0.1, 0.15) is 11.3 Å². The third kappa shape index (κ3) is 5.49.